The van der Waals surface area contributed by atoms with Crippen LogP contribution in [0.3, 0.4) is 0 Å². The lowest BCUT2D eigenvalue weighted by molar-refractivity contribution is 0.546. The van der Waals surface area contributed by atoms with Crippen molar-refractivity contribution in [1.29, 1.82) is 0 Å². The van der Waals surface area contributed by atoms with Crippen molar-refractivity contribution in [3.05, 3.63) is 68.7 Å². The summed E-state index contributed by atoms with van der Waals surface area (Å²) in [5, 5.41) is 4.39. The highest BCUT2D eigenvalue weighted by Crippen LogP contribution is 2.28. The summed E-state index contributed by atoms with van der Waals surface area (Å²) in [5.74, 6) is 0. The Labute approximate surface area is 134 Å². The maximum atomic E-state index is 6.26. The number of hydrogen-bond donors (Lipinski definition) is 1. The first-order valence-corrected chi connectivity index (χ1v) is 8.02. The molecule has 1 N–H and O–H groups in total. The van der Waals surface area contributed by atoms with Crippen molar-refractivity contribution < 1.29 is 0 Å². The van der Waals surface area contributed by atoms with Crippen LogP contribution in [0.1, 0.15) is 29.7 Å². The predicted octanol–water partition coefficient (Wildman–Crippen LogP) is 5.30. The van der Waals surface area contributed by atoms with Gasteiger partial charge in [-0.15, -0.1) is 0 Å². The normalized spacial score (nSPS) is 12.4. The van der Waals surface area contributed by atoms with E-state index in [-0.39, 0.29) is 6.04 Å². The van der Waals surface area contributed by atoms with Crippen molar-refractivity contribution >= 4 is 27.5 Å². The van der Waals surface area contributed by atoms with E-state index in [9.17, 15) is 0 Å². The van der Waals surface area contributed by atoms with Gasteiger partial charge in [0.25, 0.3) is 0 Å². The summed E-state index contributed by atoms with van der Waals surface area (Å²) in [7, 11) is 0. The highest BCUT2D eigenvalue weighted by Gasteiger charge is 2.15. The molecule has 0 amide bonds. The average Bonchev–Trinajstić information content (AvgIpc) is 2.44. The van der Waals surface area contributed by atoms with Crippen LogP contribution >= 0.6 is 27.5 Å². The number of hydrogen-bond acceptors (Lipinski definition) is 1. The van der Waals surface area contributed by atoms with E-state index < -0.39 is 0 Å². The Kier molecular flexibility index (Phi) is 5.64. The van der Waals surface area contributed by atoms with E-state index in [1.807, 2.05) is 18.2 Å². The van der Waals surface area contributed by atoms with Crippen LogP contribution in [0, 0.1) is 6.92 Å². The Morgan fingerprint density at radius 2 is 1.90 bits per heavy atom. The van der Waals surface area contributed by atoms with Gasteiger partial charge in [0.1, 0.15) is 0 Å². The Bertz CT molecular complexity index is 583. The molecule has 106 valence electrons. The molecule has 0 saturated heterocycles. The Morgan fingerprint density at radius 1 is 1.15 bits per heavy atom. The monoisotopic (exact) mass is 351 g/mol. The third-order valence-corrected chi connectivity index (χ3v) is 4.70. The van der Waals surface area contributed by atoms with Crippen molar-refractivity contribution in [3.8, 4) is 0 Å². The molecule has 1 nitrogen and oxygen atoms in total. The maximum absolute atomic E-state index is 6.26. The standard InChI is InChI=1S/C17H19BrClN/c1-3-20-17(11-13-7-4-5-9-15(13)18)14-8-6-10-16(19)12(14)2/h4-10,17,20H,3,11H2,1-2H3. The summed E-state index contributed by atoms with van der Waals surface area (Å²) in [6.07, 6.45) is 0.941. The molecule has 2 aromatic rings. The van der Waals surface area contributed by atoms with Crippen LogP contribution in [0.4, 0.5) is 0 Å². The zero-order valence-electron chi connectivity index (χ0n) is 11.8. The Hall–Kier alpha value is -0.830. The number of nitrogens with one attached hydrogen (secondary N) is 1. The molecule has 0 heterocycles. The number of likely N-dealkylation sites (N-methyl/N-ethyl adjacent to an activating group) is 1. The molecular formula is C17H19BrClN. The van der Waals surface area contributed by atoms with E-state index in [4.69, 9.17) is 11.6 Å². The lowest BCUT2D eigenvalue weighted by Gasteiger charge is -2.21. The van der Waals surface area contributed by atoms with Gasteiger partial charge in [-0.25, -0.2) is 0 Å². The van der Waals surface area contributed by atoms with Gasteiger partial charge in [0, 0.05) is 15.5 Å². The van der Waals surface area contributed by atoms with E-state index in [1.165, 1.54) is 11.1 Å². The second kappa shape index (κ2) is 7.26. The zero-order chi connectivity index (χ0) is 14.5. The topological polar surface area (TPSA) is 12.0 Å². The van der Waals surface area contributed by atoms with Crippen LogP contribution < -0.4 is 5.32 Å². The van der Waals surface area contributed by atoms with Gasteiger partial charge in [-0.1, -0.05) is 64.8 Å². The van der Waals surface area contributed by atoms with E-state index >= 15 is 0 Å². The van der Waals surface area contributed by atoms with Gasteiger partial charge >= 0.3 is 0 Å². The SMILES string of the molecule is CCNC(Cc1ccccc1Br)c1cccc(Cl)c1C. The molecule has 1 unspecified atom stereocenters. The molecular weight excluding hydrogens is 334 g/mol. The lowest BCUT2D eigenvalue weighted by atomic mass is 9.95. The highest BCUT2D eigenvalue weighted by atomic mass is 79.9. The summed E-state index contributed by atoms with van der Waals surface area (Å²) >= 11 is 9.88. The fourth-order valence-electron chi connectivity index (χ4n) is 2.42. The molecule has 0 spiro atoms. The average molecular weight is 353 g/mol. The second-order valence-electron chi connectivity index (χ2n) is 4.86. The van der Waals surface area contributed by atoms with Gasteiger partial charge in [-0.3, -0.25) is 0 Å². The molecule has 2 aromatic carbocycles. The summed E-state index contributed by atoms with van der Waals surface area (Å²) in [5.41, 5.74) is 3.74. The van der Waals surface area contributed by atoms with Gasteiger partial charge in [-0.05, 0) is 48.7 Å². The predicted molar refractivity (Wildman–Crippen MR) is 90.5 cm³/mol. The van der Waals surface area contributed by atoms with Crippen LogP contribution in [0.25, 0.3) is 0 Å². The van der Waals surface area contributed by atoms with Crippen molar-refractivity contribution in [2.45, 2.75) is 26.3 Å². The molecule has 0 aliphatic rings. The van der Waals surface area contributed by atoms with Gasteiger partial charge in [0.2, 0.25) is 0 Å². The lowest BCUT2D eigenvalue weighted by Crippen LogP contribution is -2.24. The smallest absolute Gasteiger partial charge is 0.0438 e. The molecule has 20 heavy (non-hydrogen) atoms. The molecule has 0 radical (unpaired) electrons. The van der Waals surface area contributed by atoms with E-state index in [0.29, 0.717) is 0 Å². The summed E-state index contributed by atoms with van der Waals surface area (Å²) in [4.78, 5) is 0. The molecule has 0 fully saturated rings. The van der Waals surface area contributed by atoms with Crippen molar-refractivity contribution in [2.75, 3.05) is 6.54 Å². The van der Waals surface area contributed by atoms with Crippen LogP contribution in [0.15, 0.2) is 46.9 Å². The quantitative estimate of drug-likeness (QED) is 0.769. The zero-order valence-corrected chi connectivity index (χ0v) is 14.1. The van der Waals surface area contributed by atoms with Gasteiger partial charge in [-0.2, -0.15) is 0 Å². The van der Waals surface area contributed by atoms with Crippen LogP contribution in [-0.4, -0.2) is 6.54 Å². The molecule has 0 aliphatic heterocycles. The summed E-state index contributed by atoms with van der Waals surface area (Å²) in [6, 6.07) is 14.8. The number of rotatable bonds is 5. The molecule has 0 aromatic heterocycles. The maximum Gasteiger partial charge on any atom is 0.0438 e. The summed E-state index contributed by atoms with van der Waals surface area (Å²) in [6.45, 7) is 5.15. The van der Waals surface area contributed by atoms with Crippen LogP contribution in [-0.2, 0) is 6.42 Å². The van der Waals surface area contributed by atoms with E-state index in [1.54, 1.807) is 0 Å². The fourth-order valence-corrected chi connectivity index (χ4v) is 3.05. The third-order valence-electron chi connectivity index (χ3n) is 3.52. The van der Waals surface area contributed by atoms with Crippen molar-refractivity contribution in [3.63, 3.8) is 0 Å². The first-order chi connectivity index (χ1) is 9.63. The number of halogens is 2. The van der Waals surface area contributed by atoms with E-state index in [0.717, 1.165) is 28.0 Å². The van der Waals surface area contributed by atoms with Crippen molar-refractivity contribution in [2.24, 2.45) is 0 Å². The first-order valence-electron chi connectivity index (χ1n) is 6.85. The molecule has 0 saturated carbocycles. The highest BCUT2D eigenvalue weighted by molar-refractivity contribution is 9.10. The van der Waals surface area contributed by atoms with Crippen molar-refractivity contribution in [1.82, 2.24) is 5.32 Å². The van der Waals surface area contributed by atoms with Gasteiger partial charge < -0.3 is 5.32 Å². The first kappa shape index (κ1) is 15.6. The minimum absolute atomic E-state index is 0.275. The van der Waals surface area contributed by atoms with Crippen LogP contribution in [0.5, 0.6) is 0 Å². The molecule has 0 bridgehead atoms. The van der Waals surface area contributed by atoms with Gasteiger partial charge in [0.05, 0.1) is 0 Å². The summed E-state index contributed by atoms with van der Waals surface area (Å²) < 4.78 is 1.16. The molecule has 0 aliphatic carbocycles. The van der Waals surface area contributed by atoms with Crippen LogP contribution in [0.2, 0.25) is 5.02 Å². The fraction of sp³-hybridized carbons (Fsp3) is 0.294. The molecule has 3 heteroatoms. The largest absolute Gasteiger partial charge is 0.310 e. The Morgan fingerprint density at radius 3 is 2.60 bits per heavy atom. The second-order valence-corrected chi connectivity index (χ2v) is 6.12. The van der Waals surface area contributed by atoms with E-state index in [2.05, 4.69) is 59.4 Å². The van der Waals surface area contributed by atoms with Gasteiger partial charge in [0.15, 0.2) is 0 Å². The Balaban J connectivity index is 2.32. The third kappa shape index (κ3) is 3.63. The number of benzene rings is 2. The molecule has 1 atom stereocenters. The molecule has 2 rings (SSSR count). The minimum Gasteiger partial charge on any atom is -0.310 e. The minimum atomic E-state index is 0.275.